The molecule has 7 saturated carbocycles. The summed E-state index contributed by atoms with van der Waals surface area (Å²) < 4.78 is 37.8. The lowest BCUT2D eigenvalue weighted by Gasteiger charge is -2.72. The van der Waals surface area contributed by atoms with E-state index in [-0.39, 0.29) is 49.0 Å². The minimum absolute atomic E-state index is 0.0424. The summed E-state index contributed by atoms with van der Waals surface area (Å²) in [5.41, 5.74) is -6.85. The highest BCUT2D eigenvalue weighted by molar-refractivity contribution is 5.80. The Hall–Kier alpha value is -2.75. The van der Waals surface area contributed by atoms with E-state index in [4.69, 9.17) is 28.4 Å². The molecule has 13 N–H and O–H groups in total. The van der Waals surface area contributed by atoms with Crippen molar-refractivity contribution in [1.82, 2.24) is 0 Å². The molecule has 532 valence electrons. The number of hydrogen-bond acceptors (Lipinski definition) is 21. The smallest absolute Gasteiger partial charge is 0.315 e. The minimum Gasteiger partial charge on any atom is -0.481 e. The van der Waals surface area contributed by atoms with Crippen LogP contribution in [0.25, 0.3) is 0 Å². The highest BCUT2D eigenvalue weighted by atomic mass is 16.7. The molecule has 12 aliphatic rings. The number of carbonyl (C=O) groups excluding carboxylic acids is 2. The maximum Gasteiger partial charge on any atom is 0.315 e. The average molecular weight is 1330 g/mol. The molecule has 22 nitrogen and oxygen atoms in total. The Morgan fingerprint density at radius 1 is 0.564 bits per heavy atom. The van der Waals surface area contributed by atoms with Gasteiger partial charge in [-0.3, -0.25) is 14.4 Å². The first-order chi connectivity index (χ1) is 43.6. The van der Waals surface area contributed by atoms with Gasteiger partial charge < -0.3 is 94.8 Å². The summed E-state index contributed by atoms with van der Waals surface area (Å²) in [5, 5.41) is 144. The predicted molar refractivity (Wildman–Crippen MR) is 335 cm³/mol. The summed E-state index contributed by atoms with van der Waals surface area (Å²) >= 11 is 0. The number of rotatable bonds is 11. The fourth-order valence-corrected chi connectivity index (χ4v) is 24.1. The summed E-state index contributed by atoms with van der Waals surface area (Å²) in [7, 11) is 0. The number of hydrogen-bond donors (Lipinski definition) is 13. The second-order valence-corrected chi connectivity index (χ2v) is 35.7. The summed E-state index contributed by atoms with van der Waals surface area (Å²) in [5.74, 6) is -3.53. The van der Waals surface area contributed by atoms with Gasteiger partial charge in [-0.15, -0.1) is 0 Å². The number of aliphatic hydroxyl groups excluding tert-OH is 12. The Bertz CT molecular complexity index is 3000. The quantitative estimate of drug-likeness (QED) is 0.0984. The molecular formula is C72H112O22. The van der Waals surface area contributed by atoms with Crippen molar-refractivity contribution in [2.75, 3.05) is 19.8 Å². The lowest BCUT2D eigenvalue weighted by Crippen LogP contribution is -2.71. The van der Waals surface area contributed by atoms with E-state index in [9.17, 15) is 76.0 Å². The largest absolute Gasteiger partial charge is 0.481 e. The first-order valence-corrected chi connectivity index (χ1v) is 35.3. The minimum atomic E-state index is -1.83. The molecule has 0 aromatic carbocycles. The van der Waals surface area contributed by atoms with Crippen LogP contribution in [-0.2, 0) is 42.8 Å². The van der Waals surface area contributed by atoms with Crippen LogP contribution in [0.15, 0.2) is 23.3 Å². The van der Waals surface area contributed by atoms with Gasteiger partial charge in [-0.25, -0.2) is 0 Å². The predicted octanol–water partition coefficient (Wildman–Crippen LogP) is 4.71. The van der Waals surface area contributed by atoms with E-state index in [0.717, 1.165) is 24.0 Å². The first-order valence-electron chi connectivity index (χ1n) is 35.3. The fraction of sp³-hybridized carbons (Fsp3) is 0.903. The highest BCUT2D eigenvalue weighted by Gasteiger charge is 2.75. The SMILES string of the molecule is CC(C)(CC[C@]1(C(=O)O[C@@H]2O[C@H](CO)[C@@H](O)[C@H](O)[C@H]2O)CC[C@]2(C)C(=CC[C@@H]3[C@@]4(C)C[C@@H](O)[C@H](O)[C@](C)(C(=O)O)[C@@H]4CC[C@]32C)C1)C1OC[C@]2(C)[C@@H]3CC[C@]4(C)[C@H](CC=C5[C@@H]6[C@H](O)C(C)(C)CC[C@]6(C(=O)O[C@@H]6O[C@H](CO)[C@@H](O)[C@H](O)[C@H]6O)CC[C@]54C)[C@@]3(C)C[C@@H](O)[C@@H]2O1. The van der Waals surface area contributed by atoms with E-state index in [1.54, 1.807) is 6.92 Å². The number of carboxylic acid groups (broad SMARTS) is 1. The lowest BCUT2D eigenvalue weighted by molar-refractivity contribution is -0.356. The molecule has 1 unspecified atom stereocenters. The topological polar surface area (TPSA) is 370 Å². The zero-order valence-corrected chi connectivity index (χ0v) is 57.4. The molecule has 0 amide bonds. The third-order valence-corrected chi connectivity index (χ3v) is 30.6. The molecule has 31 atom stereocenters. The van der Waals surface area contributed by atoms with Gasteiger partial charge in [0.05, 0.1) is 66.6 Å². The van der Waals surface area contributed by atoms with E-state index >= 15 is 4.79 Å². The zero-order chi connectivity index (χ0) is 68.8. The summed E-state index contributed by atoms with van der Waals surface area (Å²) in [6.07, 6.45) is -9.71. The Morgan fingerprint density at radius 3 is 1.67 bits per heavy atom. The number of fused-ring (bicyclic) bond motifs is 14. The van der Waals surface area contributed by atoms with Crippen LogP contribution in [0.5, 0.6) is 0 Å². The molecule has 0 aromatic rings. The third kappa shape index (κ3) is 9.81. The lowest BCUT2D eigenvalue weighted by atomic mass is 9.33. The van der Waals surface area contributed by atoms with Crippen LogP contribution in [0.1, 0.15) is 192 Å². The fourth-order valence-electron chi connectivity index (χ4n) is 24.1. The van der Waals surface area contributed by atoms with Crippen LogP contribution in [0.2, 0.25) is 0 Å². The van der Waals surface area contributed by atoms with Crippen molar-refractivity contribution in [3.63, 3.8) is 0 Å². The Balaban J connectivity index is 0.794. The van der Waals surface area contributed by atoms with Crippen molar-refractivity contribution in [1.29, 1.82) is 0 Å². The molecule has 0 spiro atoms. The van der Waals surface area contributed by atoms with Gasteiger partial charge in [0.1, 0.15) is 48.8 Å². The first kappa shape index (κ1) is 71.1. The molecule has 0 radical (unpaired) electrons. The van der Waals surface area contributed by atoms with Crippen molar-refractivity contribution in [3.8, 4) is 0 Å². The van der Waals surface area contributed by atoms with E-state index < -0.39 is 201 Å². The van der Waals surface area contributed by atoms with E-state index in [2.05, 4.69) is 60.6 Å². The van der Waals surface area contributed by atoms with Gasteiger partial charge in [0, 0.05) is 16.7 Å². The highest BCUT2D eigenvalue weighted by Crippen LogP contribution is 2.78. The number of carboxylic acids is 1. The molecule has 10 fully saturated rings. The van der Waals surface area contributed by atoms with Crippen LogP contribution in [0.3, 0.4) is 0 Å². The number of aliphatic carboxylic acids is 1. The maximum atomic E-state index is 15.4. The molecule has 0 bridgehead atoms. The van der Waals surface area contributed by atoms with Crippen molar-refractivity contribution >= 4 is 17.9 Å². The maximum absolute atomic E-state index is 15.4. The molecule has 3 aliphatic heterocycles. The number of esters is 2. The molecule has 0 aromatic heterocycles. The number of carbonyl (C=O) groups is 3. The summed E-state index contributed by atoms with van der Waals surface area (Å²) in [6.45, 7) is 24.3. The van der Waals surface area contributed by atoms with Crippen LogP contribution >= 0.6 is 0 Å². The second kappa shape index (κ2) is 23.4. The standard InChI is InChI=1S/C72H112O22/c1-61(2)22-27-72(59(88)94-56-51(82)49(80)47(78)40(33-74)91-56)28-24-67(9)36(45(72)53(61)84)14-16-43-63(5)31-38(76)54-65(7,41(63)17-19-69(43,67)11)34-89-60(92-54)62(3,4)21-25-71(58(87)93-55-50(81)48(79)46(77)39(32-73)90-55)26-23-66(8)35(29-71)13-15-42-64(6)30-37(75)52(83)70(12,57(85)86)44(64)18-20-68(42,66)10/h13-14,37-56,60,73-84H,15-34H2,1-12H3,(H,85,86)/t37-,38-,39-,40-,41-,42-,43-,44-,45-,46-,47-,48+,49+,50-,51-,52+,53+,54+,55+,56+,60?,63+,64-,65-,66-,67-,68-,69-,70-,71+,72+/m1/s1. The number of allylic oxidation sites excluding steroid dienone is 3. The molecular weight excluding hydrogens is 1220 g/mol. The summed E-state index contributed by atoms with van der Waals surface area (Å²) in [4.78, 5) is 43.4. The van der Waals surface area contributed by atoms with Crippen molar-refractivity contribution in [2.45, 2.75) is 290 Å². The van der Waals surface area contributed by atoms with E-state index in [1.807, 2.05) is 27.7 Å². The van der Waals surface area contributed by atoms with Gasteiger partial charge in [0.25, 0.3) is 0 Å². The van der Waals surface area contributed by atoms with Crippen LogP contribution < -0.4 is 0 Å². The Labute approximate surface area is 553 Å². The van der Waals surface area contributed by atoms with Crippen molar-refractivity contribution in [2.24, 2.45) is 94.6 Å². The molecule has 9 aliphatic carbocycles. The van der Waals surface area contributed by atoms with Crippen LogP contribution in [0, 0.1) is 94.6 Å². The van der Waals surface area contributed by atoms with Gasteiger partial charge in [0.15, 0.2) is 6.29 Å². The van der Waals surface area contributed by atoms with Crippen molar-refractivity contribution in [3.05, 3.63) is 23.3 Å². The molecule has 3 saturated heterocycles. The van der Waals surface area contributed by atoms with Crippen molar-refractivity contribution < 1.29 is 109 Å². The normalized spacial score (nSPS) is 54.4. The second-order valence-electron chi connectivity index (χ2n) is 35.7. The van der Waals surface area contributed by atoms with Gasteiger partial charge in [0.2, 0.25) is 12.6 Å². The average Bonchev–Trinajstić information content (AvgIpc) is 0.680. The van der Waals surface area contributed by atoms with Crippen LogP contribution in [-0.4, -0.2) is 202 Å². The van der Waals surface area contributed by atoms with Gasteiger partial charge >= 0.3 is 17.9 Å². The third-order valence-electron chi connectivity index (χ3n) is 30.6. The van der Waals surface area contributed by atoms with Gasteiger partial charge in [-0.1, -0.05) is 99.5 Å². The number of aliphatic hydroxyl groups is 12. The van der Waals surface area contributed by atoms with E-state index in [1.165, 1.54) is 0 Å². The monoisotopic (exact) mass is 1330 g/mol. The molecule has 94 heavy (non-hydrogen) atoms. The molecule has 12 rings (SSSR count). The van der Waals surface area contributed by atoms with Crippen LogP contribution in [0.4, 0.5) is 0 Å². The van der Waals surface area contributed by atoms with Gasteiger partial charge in [-0.05, 0) is 178 Å². The Morgan fingerprint density at radius 2 is 1.09 bits per heavy atom. The summed E-state index contributed by atoms with van der Waals surface area (Å²) in [6, 6.07) is 0. The molecule has 22 heteroatoms. The zero-order valence-electron chi connectivity index (χ0n) is 57.4. The molecule has 3 heterocycles. The number of ether oxygens (including phenoxy) is 6. The van der Waals surface area contributed by atoms with Gasteiger partial charge in [-0.2, -0.15) is 0 Å². The van der Waals surface area contributed by atoms with E-state index in [0.29, 0.717) is 77.0 Å². The Kier molecular flexibility index (Phi) is 17.7.